The molecule has 2 aromatic carbocycles. The van der Waals surface area contributed by atoms with Crippen LogP contribution in [0.4, 0.5) is 18.0 Å². The van der Waals surface area contributed by atoms with E-state index in [1.807, 2.05) is 25.1 Å². The van der Waals surface area contributed by atoms with Gasteiger partial charge in [-0.15, -0.1) is 0 Å². The lowest BCUT2D eigenvalue weighted by molar-refractivity contribution is -0.0120. The van der Waals surface area contributed by atoms with Gasteiger partial charge in [0.15, 0.2) is 0 Å². The summed E-state index contributed by atoms with van der Waals surface area (Å²) in [7, 11) is -1.73. The Morgan fingerprint density at radius 2 is 1.91 bits per heavy atom. The predicted molar refractivity (Wildman–Crippen MR) is 128 cm³/mol. The lowest BCUT2D eigenvalue weighted by Crippen LogP contribution is -2.51. The van der Waals surface area contributed by atoms with Crippen molar-refractivity contribution >= 4 is 17.1 Å². The van der Waals surface area contributed by atoms with E-state index in [2.05, 4.69) is 4.72 Å². The van der Waals surface area contributed by atoms with Gasteiger partial charge >= 0.3 is 6.09 Å². The number of aryl methyl sites for hydroxylation is 1. The Bertz CT molecular complexity index is 1070. The van der Waals surface area contributed by atoms with Gasteiger partial charge in [-0.3, -0.25) is 4.90 Å². The number of hydrogen-bond donors (Lipinski definition) is 1. The zero-order valence-corrected chi connectivity index (χ0v) is 20.8. The molecule has 34 heavy (non-hydrogen) atoms. The third-order valence-corrected chi connectivity index (χ3v) is 6.65. The molecule has 0 aliphatic carbocycles. The van der Waals surface area contributed by atoms with E-state index in [0.717, 1.165) is 10.5 Å². The summed E-state index contributed by atoms with van der Waals surface area (Å²) in [6, 6.07) is 9.36. The number of benzene rings is 2. The van der Waals surface area contributed by atoms with Crippen LogP contribution in [0.2, 0.25) is 0 Å². The molecule has 0 saturated carbocycles. The molecule has 0 aromatic heterocycles. The second kappa shape index (κ2) is 10.1. The maximum absolute atomic E-state index is 15.6. The number of hydrogen-bond acceptors (Lipinski definition) is 3. The first-order valence-corrected chi connectivity index (χ1v) is 12.5. The van der Waals surface area contributed by atoms with E-state index >= 15 is 13.2 Å². The molecule has 1 fully saturated rings. The summed E-state index contributed by atoms with van der Waals surface area (Å²) in [6.45, 7) is 7.50. The topological polar surface area (TPSA) is 58.6 Å². The fourth-order valence-corrected chi connectivity index (χ4v) is 4.82. The minimum absolute atomic E-state index is 0.114. The van der Waals surface area contributed by atoms with Crippen LogP contribution < -0.4 is 4.72 Å². The minimum Gasteiger partial charge on any atom is -0.444 e. The van der Waals surface area contributed by atoms with Gasteiger partial charge in [0.05, 0.1) is 23.6 Å². The lowest BCUT2D eigenvalue weighted by Gasteiger charge is -2.30. The first kappa shape index (κ1) is 26.2. The molecule has 186 valence electrons. The van der Waals surface area contributed by atoms with E-state index in [-0.39, 0.29) is 17.7 Å². The van der Waals surface area contributed by atoms with Crippen LogP contribution in [0.1, 0.15) is 38.8 Å². The van der Waals surface area contributed by atoms with Crippen LogP contribution in [0.3, 0.4) is 0 Å². The average molecular weight is 497 g/mol. The average Bonchev–Trinajstić information content (AvgIpc) is 2.98. The molecule has 0 bridgehead atoms. The van der Waals surface area contributed by atoms with Gasteiger partial charge in [0.1, 0.15) is 17.5 Å². The summed E-state index contributed by atoms with van der Waals surface area (Å²) in [5.74, 6) is -3.80. The zero-order valence-electron chi connectivity index (χ0n) is 20.0. The van der Waals surface area contributed by atoms with E-state index in [1.54, 1.807) is 45.9 Å². The third-order valence-electron chi connectivity index (χ3n) is 5.61. The summed E-state index contributed by atoms with van der Waals surface area (Å²) >= 11 is 0. The number of amides is 1. The third kappa shape index (κ3) is 5.99. The number of nitrogens with zero attached hydrogens (tertiary/aromatic N) is 1. The van der Waals surface area contributed by atoms with Crippen molar-refractivity contribution in [3.8, 4) is 11.1 Å². The normalized spacial score (nSPS) is 20.9. The van der Waals surface area contributed by atoms with Gasteiger partial charge in [0, 0.05) is 11.3 Å². The van der Waals surface area contributed by atoms with Crippen molar-refractivity contribution in [2.75, 3.05) is 12.3 Å². The Hall–Kier alpha value is -2.39. The molecule has 2 aromatic rings. The molecule has 1 saturated heterocycles. The Morgan fingerprint density at radius 3 is 2.53 bits per heavy atom. The van der Waals surface area contributed by atoms with Crippen LogP contribution in [-0.4, -0.2) is 51.1 Å². The number of alkyl halides is 2. The number of rotatable bonds is 6. The molecule has 1 unspecified atom stereocenters. The van der Waals surface area contributed by atoms with E-state index in [0.29, 0.717) is 11.1 Å². The fourth-order valence-electron chi connectivity index (χ4n) is 4.04. The molecule has 1 aliphatic rings. The lowest BCUT2D eigenvalue weighted by atomic mass is 9.95. The Balaban J connectivity index is 2.01. The molecular formula is C25H31F3N2O3S. The number of nitrogens with one attached hydrogen (secondary N) is 1. The first-order valence-electron chi connectivity index (χ1n) is 11.2. The van der Waals surface area contributed by atoms with E-state index in [1.165, 1.54) is 6.07 Å². The molecule has 0 radical (unpaired) electrons. The summed E-state index contributed by atoms with van der Waals surface area (Å²) in [5, 5.41) is 0. The van der Waals surface area contributed by atoms with Crippen molar-refractivity contribution in [3.63, 3.8) is 0 Å². The van der Waals surface area contributed by atoms with E-state index in [9.17, 15) is 9.00 Å². The monoisotopic (exact) mass is 496 g/mol. The number of likely N-dealkylation sites (tertiary alicyclic amines) is 1. The van der Waals surface area contributed by atoms with Gasteiger partial charge in [-0.05, 0) is 45.2 Å². The molecule has 1 amide bonds. The summed E-state index contributed by atoms with van der Waals surface area (Å²) in [5.41, 5.74) is 1.26. The van der Waals surface area contributed by atoms with Gasteiger partial charge < -0.3 is 4.74 Å². The maximum atomic E-state index is 15.6. The Labute approximate surface area is 201 Å². The molecule has 0 spiro atoms. The highest BCUT2D eigenvalue weighted by Gasteiger charge is 2.57. The van der Waals surface area contributed by atoms with Gasteiger partial charge in [0.25, 0.3) is 5.92 Å². The van der Waals surface area contributed by atoms with Crippen LogP contribution in [-0.2, 0) is 22.1 Å². The van der Waals surface area contributed by atoms with Crippen molar-refractivity contribution in [1.29, 1.82) is 0 Å². The molecule has 1 N–H and O–H groups in total. The second-order valence-corrected chi connectivity index (χ2v) is 11.0. The standard InChI is InChI=1S/C25H31F3N2O3S/c1-6-34(32)29-22-20(30(15-25(22,27)28)23(31)33-24(3,4)5)14-18-11-8-12-19(21(18)26)17-10-7-9-16(2)13-17/h7-13,20,22,29H,6,14-15H2,1-5H3/t20-,22+,34?/m0/s1. The SMILES string of the molecule is CCS(=O)N[C@@H]1[C@H](Cc2cccc(-c3cccc(C)c3)c2F)N(C(=O)OC(C)(C)C)CC1(F)F. The van der Waals surface area contributed by atoms with Crippen LogP contribution in [0.25, 0.3) is 11.1 Å². The molecule has 1 heterocycles. The highest BCUT2D eigenvalue weighted by atomic mass is 32.2. The Kier molecular flexibility index (Phi) is 7.77. The molecular weight excluding hydrogens is 465 g/mol. The fraction of sp³-hybridized carbons (Fsp3) is 0.480. The number of ether oxygens (including phenoxy) is 1. The van der Waals surface area contributed by atoms with Gasteiger partial charge in [-0.2, -0.15) is 0 Å². The second-order valence-electron chi connectivity index (χ2n) is 9.52. The van der Waals surface area contributed by atoms with E-state index < -0.39 is 53.0 Å². The summed E-state index contributed by atoms with van der Waals surface area (Å²) < 4.78 is 65.7. The first-order chi connectivity index (χ1) is 15.8. The van der Waals surface area contributed by atoms with Crippen LogP contribution in [0.15, 0.2) is 42.5 Å². The molecule has 3 atom stereocenters. The van der Waals surface area contributed by atoms with Crippen LogP contribution >= 0.6 is 0 Å². The molecule has 3 rings (SSSR count). The van der Waals surface area contributed by atoms with Gasteiger partial charge in [-0.25, -0.2) is 26.9 Å². The van der Waals surface area contributed by atoms with Crippen molar-refractivity contribution in [1.82, 2.24) is 9.62 Å². The highest BCUT2D eigenvalue weighted by Crippen LogP contribution is 2.37. The maximum Gasteiger partial charge on any atom is 0.410 e. The summed E-state index contributed by atoms with van der Waals surface area (Å²) in [6.07, 6.45) is -1.11. The number of carbonyl (C=O) groups excluding carboxylic acids is 1. The van der Waals surface area contributed by atoms with Crippen LogP contribution in [0, 0.1) is 12.7 Å². The van der Waals surface area contributed by atoms with Crippen molar-refractivity contribution in [3.05, 3.63) is 59.4 Å². The molecule has 9 heteroatoms. The largest absolute Gasteiger partial charge is 0.444 e. The van der Waals surface area contributed by atoms with E-state index in [4.69, 9.17) is 4.74 Å². The quantitative estimate of drug-likeness (QED) is 0.595. The number of carbonyl (C=O) groups is 1. The Morgan fingerprint density at radius 1 is 1.24 bits per heavy atom. The summed E-state index contributed by atoms with van der Waals surface area (Å²) in [4.78, 5) is 13.8. The van der Waals surface area contributed by atoms with Crippen molar-refractivity contribution < 1.29 is 26.9 Å². The van der Waals surface area contributed by atoms with Gasteiger partial charge in [0.2, 0.25) is 0 Å². The zero-order chi connectivity index (χ0) is 25.3. The van der Waals surface area contributed by atoms with Crippen LogP contribution in [0.5, 0.6) is 0 Å². The highest BCUT2D eigenvalue weighted by molar-refractivity contribution is 7.83. The smallest absolute Gasteiger partial charge is 0.410 e. The van der Waals surface area contributed by atoms with Gasteiger partial charge in [-0.1, -0.05) is 55.0 Å². The minimum atomic E-state index is -3.38. The van der Waals surface area contributed by atoms with Crippen molar-refractivity contribution in [2.24, 2.45) is 0 Å². The molecule has 5 nitrogen and oxygen atoms in total. The number of halogens is 3. The predicted octanol–water partition coefficient (Wildman–Crippen LogP) is 5.24. The van der Waals surface area contributed by atoms with Crippen molar-refractivity contribution in [2.45, 2.75) is 64.6 Å². The molecule has 1 aliphatic heterocycles.